The zero-order chi connectivity index (χ0) is 28.3. The van der Waals surface area contributed by atoms with Crippen LogP contribution in [0.4, 0.5) is 5.82 Å². The number of carbonyl (C=O) groups is 1. The third kappa shape index (κ3) is 5.59. The standard InChI is InChI=1S/C29H25IN10O/c30-24-15-19(36-29(41)23-9-13-33-25(16-31)37-23)10-14-39(24)17-18-5-7-20(8-6-18)40-27(21-3-1-11-34-26(21)32)38-22-4-2-12-35-28(22)40/h1-9,11-13,19,24H,10,14-15,17H2,(H2,32,34)(H,36,41). The fraction of sp³-hybridized carbons (Fsp3) is 0.207. The van der Waals surface area contributed by atoms with Gasteiger partial charge in [0.15, 0.2) is 11.5 Å². The number of likely N-dealkylation sites (tertiary alicyclic amines) is 1. The van der Waals surface area contributed by atoms with Crippen molar-refractivity contribution in [2.24, 2.45) is 0 Å². The van der Waals surface area contributed by atoms with Gasteiger partial charge in [0.05, 0.1) is 9.61 Å². The largest absolute Gasteiger partial charge is 0.383 e. The molecule has 3 N–H and O–H groups in total. The number of amides is 1. The van der Waals surface area contributed by atoms with Crippen molar-refractivity contribution >= 4 is 45.5 Å². The second kappa shape index (κ2) is 11.6. The Morgan fingerprint density at radius 2 is 1.85 bits per heavy atom. The van der Waals surface area contributed by atoms with Crippen LogP contribution in [0.2, 0.25) is 0 Å². The average molecular weight is 656 g/mol. The fourth-order valence-corrected chi connectivity index (χ4v) is 6.09. The normalized spacial score (nSPS) is 17.3. The number of imidazole rings is 1. The first-order valence-corrected chi connectivity index (χ1v) is 14.3. The highest BCUT2D eigenvalue weighted by atomic mass is 127. The van der Waals surface area contributed by atoms with Gasteiger partial charge in [-0.15, -0.1) is 0 Å². The van der Waals surface area contributed by atoms with Crippen molar-refractivity contribution < 1.29 is 4.79 Å². The van der Waals surface area contributed by atoms with Crippen LogP contribution >= 0.6 is 22.6 Å². The van der Waals surface area contributed by atoms with Gasteiger partial charge in [0.2, 0.25) is 5.82 Å². The topological polar surface area (TPSA) is 152 Å². The van der Waals surface area contributed by atoms with Crippen LogP contribution in [0.15, 0.2) is 73.2 Å². The minimum absolute atomic E-state index is 0.0137. The van der Waals surface area contributed by atoms with Crippen LogP contribution < -0.4 is 11.1 Å². The van der Waals surface area contributed by atoms with Crippen LogP contribution in [-0.2, 0) is 6.54 Å². The molecule has 6 rings (SSSR count). The van der Waals surface area contributed by atoms with E-state index in [1.54, 1.807) is 12.4 Å². The van der Waals surface area contributed by atoms with Crippen molar-refractivity contribution in [3.8, 4) is 23.1 Å². The summed E-state index contributed by atoms with van der Waals surface area (Å²) in [5.41, 5.74) is 10.8. The number of nitriles is 1. The molecule has 204 valence electrons. The second-order valence-electron chi connectivity index (χ2n) is 9.70. The molecule has 12 heteroatoms. The third-order valence-corrected chi connectivity index (χ3v) is 8.34. The van der Waals surface area contributed by atoms with Gasteiger partial charge in [0, 0.05) is 43.4 Å². The van der Waals surface area contributed by atoms with E-state index in [0.29, 0.717) is 11.6 Å². The van der Waals surface area contributed by atoms with E-state index in [0.717, 1.165) is 48.3 Å². The highest BCUT2D eigenvalue weighted by Gasteiger charge is 2.28. The summed E-state index contributed by atoms with van der Waals surface area (Å²) in [4.78, 5) is 36.6. The van der Waals surface area contributed by atoms with Gasteiger partial charge in [-0.1, -0.05) is 34.7 Å². The molecule has 11 nitrogen and oxygen atoms in total. The number of hydrogen-bond acceptors (Lipinski definition) is 9. The molecule has 2 atom stereocenters. The molecule has 5 heterocycles. The number of nitrogens with zero attached hydrogens (tertiary/aromatic N) is 8. The lowest BCUT2D eigenvalue weighted by Crippen LogP contribution is -2.47. The number of nitrogens with one attached hydrogen (secondary N) is 1. The Morgan fingerprint density at radius 1 is 1.05 bits per heavy atom. The lowest BCUT2D eigenvalue weighted by molar-refractivity contribution is 0.0899. The number of fused-ring (bicyclic) bond motifs is 1. The van der Waals surface area contributed by atoms with E-state index in [2.05, 4.69) is 77.0 Å². The smallest absolute Gasteiger partial charge is 0.270 e. The highest BCUT2D eigenvalue weighted by Crippen LogP contribution is 2.31. The van der Waals surface area contributed by atoms with Crippen LogP contribution in [0.1, 0.15) is 34.7 Å². The third-order valence-electron chi connectivity index (χ3n) is 7.04. The molecule has 0 radical (unpaired) electrons. The molecule has 2 unspecified atom stereocenters. The quantitative estimate of drug-likeness (QED) is 0.158. The molecule has 0 spiro atoms. The molecular weight excluding hydrogens is 631 g/mol. The van der Waals surface area contributed by atoms with E-state index in [4.69, 9.17) is 16.0 Å². The number of hydrogen-bond donors (Lipinski definition) is 2. The molecule has 0 saturated carbocycles. The van der Waals surface area contributed by atoms with Crippen molar-refractivity contribution in [2.75, 3.05) is 12.3 Å². The van der Waals surface area contributed by atoms with Gasteiger partial charge in [0.1, 0.15) is 23.1 Å². The molecular formula is C29H25IN10O. The van der Waals surface area contributed by atoms with E-state index < -0.39 is 0 Å². The summed E-state index contributed by atoms with van der Waals surface area (Å²) in [5, 5.41) is 12.1. The van der Waals surface area contributed by atoms with E-state index in [1.807, 2.05) is 34.9 Å². The number of piperidine rings is 1. The number of pyridine rings is 2. The van der Waals surface area contributed by atoms with E-state index in [-0.39, 0.29) is 27.5 Å². The molecule has 1 fully saturated rings. The van der Waals surface area contributed by atoms with Crippen molar-refractivity contribution in [3.05, 3.63) is 90.3 Å². The van der Waals surface area contributed by atoms with Crippen molar-refractivity contribution in [3.63, 3.8) is 0 Å². The van der Waals surface area contributed by atoms with Gasteiger partial charge in [-0.2, -0.15) is 5.26 Å². The first-order chi connectivity index (χ1) is 20.0. The lowest BCUT2D eigenvalue weighted by atomic mass is 10.0. The molecule has 0 bridgehead atoms. The summed E-state index contributed by atoms with van der Waals surface area (Å²) in [6.45, 7) is 1.63. The molecule has 1 aliphatic rings. The van der Waals surface area contributed by atoms with Gasteiger partial charge in [-0.25, -0.2) is 24.9 Å². The van der Waals surface area contributed by atoms with Gasteiger partial charge in [-0.3, -0.25) is 14.3 Å². The van der Waals surface area contributed by atoms with Crippen molar-refractivity contribution in [1.82, 2.24) is 39.7 Å². The first-order valence-electron chi connectivity index (χ1n) is 13.1. The summed E-state index contributed by atoms with van der Waals surface area (Å²) >= 11 is 2.44. The number of anilines is 1. The number of benzene rings is 1. The SMILES string of the molecule is N#Cc1nccc(C(=O)NC2CCN(Cc3ccc(-n4c(-c5cccnc5N)nc5cccnc54)cc3)C(I)C2)n1. The maximum absolute atomic E-state index is 12.7. The predicted molar refractivity (Wildman–Crippen MR) is 162 cm³/mol. The van der Waals surface area contributed by atoms with Crippen LogP contribution in [0.5, 0.6) is 0 Å². The number of rotatable bonds is 6. The van der Waals surface area contributed by atoms with Gasteiger partial charge >= 0.3 is 0 Å². The van der Waals surface area contributed by atoms with Crippen LogP contribution in [-0.4, -0.2) is 56.9 Å². The van der Waals surface area contributed by atoms with Crippen LogP contribution in [0, 0.1) is 11.3 Å². The molecule has 0 aliphatic carbocycles. The summed E-state index contributed by atoms with van der Waals surface area (Å²) in [7, 11) is 0. The minimum atomic E-state index is -0.282. The van der Waals surface area contributed by atoms with Gasteiger partial charge in [-0.05, 0) is 60.9 Å². The monoisotopic (exact) mass is 656 g/mol. The number of aromatic nitrogens is 6. The summed E-state index contributed by atoms with van der Waals surface area (Å²) in [6.07, 6.45) is 6.48. The number of carbonyl (C=O) groups excluding carboxylic acids is 1. The predicted octanol–water partition coefficient (Wildman–Crippen LogP) is 3.88. The summed E-state index contributed by atoms with van der Waals surface area (Å²) < 4.78 is 2.26. The molecule has 5 aromatic rings. The minimum Gasteiger partial charge on any atom is -0.383 e. The Kier molecular flexibility index (Phi) is 7.53. The summed E-state index contributed by atoms with van der Waals surface area (Å²) in [5.74, 6) is 0.812. The van der Waals surface area contributed by atoms with Crippen molar-refractivity contribution in [2.45, 2.75) is 29.5 Å². The Balaban J connectivity index is 1.15. The van der Waals surface area contributed by atoms with Gasteiger partial charge < -0.3 is 11.1 Å². The maximum atomic E-state index is 12.7. The zero-order valence-corrected chi connectivity index (χ0v) is 24.0. The molecule has 1 saturated heterocycles. The molecule has 1 aromatic carbocycles. The van der Waals surface area contributed by atoms with E-state index >= 15 is 0 Å². The van der Waals surface area contributed by atoms with Crippen LogP contribution in [0.25, 0.3) is 28.2 Å². The molecule has 1 aliphatic heterocycles. The Bertz CT molecular complexity index is 1760. The van der Waals surface area contributed by atoms with Gasteiger partial charge in [0.25, 0.3) is 5.91 Å². The number of halogens is 1. The summed E-state index contributed by atoms with van der Waals surface area (Å²) in [6, 6.07) is 19.4. The number of nitrogen functional groups attached to an aromatic ring is 1. The fourth-order valence-electron chi connectivity index (χ4n) is 5.00. The second-order valence-corrected chi connectivity index (χ2v) is 11.1. The Labute approximate surface area is 249 Å². The van der Waals surface area contributed by atoms with E-state index in [9.17, 15) is 4.79 Å². The first kappa shape index (κ1) is 26.7. The highest BCUT2D eigenvalue weighted by molar-refractivity contribution is 14.1. The Morgan fingerprint density at radius 3 is 2.63 bits per heavy atom. The molecule has 41 heavy (non-hydrogen) atoms. The molecule has 1 amide bonds. The molecule has 4 aromatic heterocycles. The lowest BCUT2D eigenvalue weighted by Gasteiger charge is -2.36. The average Bonchev–Trinajstić information content (AvgIpc) is 3.38. The van der Waals surface area contributed by atoms with Crippen LogP contribution in [0.3, 0.4) is 0 Å². The maximum Gasteiger partial charge on any atom is 0.270 e. The number of nitrogens with two attached hydrogens (primary N) is 1. The zero-order valence-electron chi connectivity index (χ0n) is 21.9. The Hall–Kier alpha value is -4.48. The number of alkyl halides is 1. The van der Waals surface area contributed by atoms with E-state index in [1.165, 1.54) is 17.8 Å². The van der Waals surface area contributed by atoms with Crippen molar-refractivity contribution in [1.29, 1.82) is 5.26 Å².